The lowest BCUT2D eigenvalue weighted by atomic mass is 10.0. The number of tetrazole rings is 1. The molecule has 1 aromatic carbocycles. The Morgan fingerprint density at radius 3 is 2.46 bits per heavy atom. The standard InChI is InChI=1S/C16H11N7O/c17-9-13(16-20-22-23-21-16)10-19-14-3-1-11(2-4-14)15(24)12-5-7-18-8-6-12/h1-8,10,19H,(H,20,21,22,23). The van der Waals surface area contributed by atoms with Crippen LogP contribution < -0.4 is 5.32 Å². The summed E-state index contributed by atoms with van der Waals surface area (Å²) in [5.41, 5.74) is 2.10. The summed E-state index contributed by atoms with van der Waals surface area (Å²) >= 11 is 0. The number of anilines is 1. The number of nitrogens with zero attached hydrogens (tertiary/aromatic N) is 5. The highest BCUT2D eigenvalue weighted by atomic mass is 16.1. The van der Waals surface area contributed by atoms with Crippen molar-refractivity contribution in [3.05, 3.63) is 71.9 Å². The molecule has 2 heterocycles. The van der Waals surface area contributed by atoms with Crippen molar-refractivity contribution < 1.29 is 4.79 Å². The highest BCUT2D eigenvalue weighted by Gasteiger charge is 2.08. The minimum absolute atomic E-state index is 0.0796. The SMILES string of the molecule is N#CC(=CNc1ccc(C(=O)c2ccncc2)cc1)c1nn[nH]n1. The molecule has 2 aromatic heterocycles. The number of aromatic amines is 1. The molecular weight excluding hydrogens is 306 g/mol. The largest absolute Gasteiger partial charge is 0.360 e. The molecule has 8 heteroatoms. The maximum absolute atomic E-state index is 12.3. The molecule has 0 unspecified atom stereocenters. The van der Waals surface area contributed by atoms with Gasteiger partial charge < -0.3 is 5.32 Å². The first-order valence-electron chi connectivity index (χ1n) is 6.93. The van der Waals surface area contributed by atoms with Crippen LogP contribution in [0.2, 0.25) is 0 Å². The van der Waals surface area contributed by atoms with Crippen molar-refractivity contribution in [3.8, 4) is 6.07 Å². The topological polar surface area (TPSA) is 120 Å². The van der Waals surface area contributed by atoms with Gasteiger partial charge >= 0.3 is 0 Å². The molecule has 3 aromatic rings. The second kappa shape index (κ2) is 6.93. The number of hydrogen-bond donors (Lipinski definition) is 2. The quantitative estimate of drug-likeness (QED) is 0.543. The molecule has 0 aliphatic heterocycles. The number of ketones is 1. The Balaban J connectivity index is 1.73. The lowest BCUT2D eigenvalue weighted by Gasteiger charge is -2.04. The summed E-state index contributed by atoms with van der Waals surface area (Å²) in [6, 6.07) is 12.2. The Morgan fingerprint density at radius 1 is 1.12 bits per heavy atom. The Kier molecular flexibility index (Phi) is 4.35. The van der Waals surface area contributed by atoms with Gasteiger partial charge in [0.15, 0.2) is 5.78 Å². The second-order valence-electron chi connectivity index (χ2n) is 4.69. The van der Waals surface area contributed by atoms with Gasteiger partial charge in [-0.2, -0.15) is 10.5 Å². The zero-order chi connectivity index (χ0) is 16.8. The average molecular weight is 317 g/mol. The molecular formula is C16H11N7O. The van der Waals surface area contributed by atoms with Crippen LogP contribution in [0.5, 0.6) is 0 Å². The van der Waals surface area contributed by atoms with Gasteiger partial charge in [-0.25, -0.2) is 0 Å². The van der Waals surface area contributed by atoms with Gasteiger partial charge in [0.05, 0.1) is 0 Å². The van der Waals surface area contributed by atoms with E-state index in [1.165, 1.54) is 6.20 Å². The van der Waals surface area contributed by atoms with Gasteiger partial charge in [0.1, 0.15) is 11.6 Å². The third kappa shape index (κ3) is 3.31. The van der Waals surface area contributed by atoms with Crippen LogP contribution in [0.25, 0.3) is 5.57 Å². The molecule has 0 spiro atoms. The van der Waals surface area contributed by atoms with Crippen molar-refractivity contribution in [1.82, 2.24) is 25.6 Å². The molecule has 0 bridgehead atoms. The van der Waals surface area contributed by atoms with Crippen LogP contribution in [-0.4, -0.2) is 31.4 Å². The molecule has 0 amide bonds. The van der Waals surface area contributed by atoms with Crippen molar-refractivity contribution in [1.29, 1.82) is 5.26 Å². The third-order valence-electron chi connectivity index (χ3n) is 3.18. The minimum Gasteiger partial charge on any atom is -0.360 e. The van der Waals surface area contributed by atoms with E-state index in [4.69, 9.17) is 5.26 Å². The Morgan fingerprint density at radius 2 is 1.83 bits per heavy atom. The molecule has 0 fully saturated rings. The van der Waals surface area contributed by atoms with Gasteiger partial charge in [-0.3, -0.25) is 9.78 Å². The fraction of sp³-hybridized carbons (Fsp3) is 0. The summed E-state index contributed by atoms with van der Waals surface area (Å²) in [6.45, 7) is 0. The normalized spacial score (nSPS) is 10.9. The van der Waals surface area contributed by atoms with Crippen LogP contribution in [-0.2, 0) is 0 Å². The molecule has 0 saturated heterocycles. The number of H-pyrrole nitrogens is 1. The predicted octanol–water partition coefficient (Wildman–Crippen LogP) is 1.80. The van der Waals surface area contributed by atoms with E-state index in [0.29, 0.717) is 11.1 Å². The van der Waals surface area contributed by atoms with Gasteiger partial charge in [0, 0.05) is 35.4 Å². The van der Waals surface area contributed by atoms with E-state index in [2.05, 4.69) is 30.9 Å². The van der Waals surface area contributed by atoms with Crippen molar-refractivity contribution in [2.75, 3.05) is 5.32 Å². The molecule has 8 nitrogen and oxygen atoms in total. The first-order valence-corrected chi connectivity index (χ1v) is 6.93. The zero-order valence-electron chi connectivity index (χ0n) is 12.3. The second-order valence-corrected chi connectivity index (χ2v) is 4.69. The van der Waals surface area contributed by atoms with Crippen molar-refractivity contribution >= 4 is 17.0 Å². The summed E-state index contributed by atoms with van der Waals surface area (Å²) < 4.78 is 0. The van der Waals surface area contributed by atoms with E-state index < -0.39 is 0 Å². The minimum atomic E-state index is -0.0796. The number of rotatable bonds is 5. The summed E-state index contributed by atoms with van der Waals surface area (Å²) in [4.78, 5) is 16.2. The molecule has 116 valence electrons. The van der Waals surface area contributed by atoms with Gasteiger partial charge in [0.2, 0.25) is 5.82 Å². The van der Waals surface area contributed by atoms with Crippen LogP contribution in [0.15, 0.2) is 55.0 Å². The van der Waals surface area contributed by atoms with Crippen LogP contribution in [0, 0.1) is 11.3 Å². The summed E-state index contributed by atoms with van der Waals surface area (Å²) in [5.74, 6) is 0.124. The highest BCUT2D eigenvalue weighted by molar-refractivity contribution is 6.09. The smallest absolute Gasteiger partial charge is 0.216 e. The number of benzene rings is 1. The van der Waals surface area contributed by atoms with E-state index in [9.17, 15) is 4.79 Å². The number of hydrogen-bond acceptors (Lipinski definition) is 7. The predicted molar refractivity (Wildman–Crippen MR) is 85.5 cm³/mol. The lowest BCUT2D eigenvalue weighted by Crippen LogP contribution is -2.01. The van der Waals surface area contributed by atoms with Gasteiger partial charge in [-0.1, -0.05) is 0 Å². The third-order valence-corrected chi connectivity index (χ3v) is 3.18. The number of aromatic nitrogens is 5. The molecule has 24 heavy (non-hydrogen) atoms. The Labute approximate surface area is 136 Å². The fourth-order valence-electron chi connectivity index (χ4n) is 1.97. The summed E-state index contributed by atoms with van der Waals surface area (Å²) in [7, 11) is 0. The lowest BCUT2D eigenvalue weighted by molar-refractivity contribution is 0.103. The molecule has 0 atom stereocenters. The zero-order valence-corrected chi connectivity index (χ0v) is 12.3. The van der Waals surface area contributed by atoms with Gasteiger partial charge in [0.25, 0.3) is 0 Å². The number of pyridine rings is 1. The van der Waals surface area contributed by atoms with E-state index >= 15 is 0 Å². The number of carbonyl (C=O) groups excluding carboxylic acids is 1. The van der Waals surface area contributed by atoms with Crippen LogP contribution in [0.1, 0.15) is 21.7 Å². The van der Waals surface area contributed by atoms with Crippen molar-refractivity contribution in [2.45, 2.75) is 0 Å². The Bertz CT molecular complexity index is 894. The number of nitrogens with one attached hydrogen (secondary N) is 2. The number of nitriles is 1. The number of allylic oxidation sites excluding steroid dienone is 1. The van der Waals surface area contributed by atoms with Gasteiger partial charge in [-0.15, -0.1) is 10.2 Å². The highest BCUT2D eigenvalue weighted by Crippen LogP contribution is 2.15. The maximum Gasteiger partial charge on any atom is 0.216 e. The maximum atomic E-state index is 12.3. The first-order chi connectivity index (χ1) is 11.8. The molecule has 0 aliphatic rings. The van der Waals surface area contributed by atoms with Gasteiger partial charge in [-0.05, 0) is 41.6 Å². The molecule has 2 N–H and O–H groups in total. The molecule has 0 saturated carbocycles. The monoisotopic (exact) mass is 317 g/mol. The fourth-order valence-corrected chi connectivity index (χ4v) is 1.97. The van der Waals surface area contributed by atoms with Crippen molar-refractivity contribution in [2.24, 2.45) is 0 Å². The molecule has 0 aliphatic carbocycles. The first kappa shape index (κ1) is 15.1. The van der Waals surface area contributed by atoms with E-state index in [1.807, 2.05) is 6.07 Å². The number of carbonyl (C=O) groups is 1. The Hall–Kier alpha value is -3.86. The van der Waals surface area contributed by atoms with E-state index in [0.717, 1.165) is 5.69 Å². The molecule has 3 rings (SSSR count). The van der Waals surface area contributed by atoms with Crippen LogP contribution in [0.4, 0.5) is 5.69 Å². The summed E-state index contributed by atoms with van der Waals surface area (Å²) in [5, 5.41) is 25.2. The van der Waals surface area contributed by atoms with Crippen LogP contribution in [0.3, 0.4) is 0 Å². The van der Waals surface area contributed by atoms with Crippen LogP contribution >= 0.6 is 0 Å². The molecule has 0 radical (unpaired) electrons. The average Bonchev–Trinajstić information content (AvgIpc) is 3.17. The van der Waals surface area contributed by atoms with Crippen molar-refractivity contribution in [3.63, 3.8) is 0 Å². The summed E-state index contributed by atoms with van der Waals surface area (Å²) in [6.07, 6.45) is 4.63. The van der Waals surface area contributed by atoms with E-state index in [-0.39, 0.29) is 17.2 Å². The van der Waals surface area contributed by atoms with E-state index in [1.54, 1.807) is 48.8 Å².